The highest BCUT2D eigenvalue weighted by Gasteiger charge is 2.38. The molecule has 0 radical (unpaired) electrons. The summed E-state index contributed by atoms with van der Waals surface area (Å²) in [6.07, 6.45) is 0.0346. The molecule has 0 aliphatic carbocycles. The van der Waals surface area contributed by atoms with E-state index in [0.29, 0.717) is 0 Å². The van der Waals surface area contributed by atoms with Gasteiger partial charge in [-0.2, -0.15) is 0 Å². The molecule has 2 aromatic rings. The SMILES string of the molecule is Cc1cccc(C)c1SC(=O)[C@@](C)(O)C(=O)Cc1ccccc1. The van der Waals surface area contributed by atoms with Crippen molar-refractivity contribution < 1.29 is 14.7 Å². The Balaban J connectivity index is 2.15. The molecule has 0 amide bonds. The number of hydrogen-bond acceptors (Lipinski definition) is 4. The van der Waals surface area contributed by atoms with Crippen molar-refractivity contribution in [3.8, 4) is 0 Å². The van der Waals surface area contributed by atoms with Crippen LogP contribution in [0, 0.1) is 13.8 Å². The predicted octanol–water partition coefficient (Wildman–Crippen LogP) is 3.48. The molecule has 1 N–H and O–H groups in total. The summed E-state index contributed by atoms with van der Waals surface area (Å²) in [7, 11) is 0. The van der Waals surface area contributed by atoms with Crippen molar-refractivity contribution in [2.75, 3.05) is 0 Å². The predicted molar refractivity (Wildman–Crippen MR) is 92.6 cm³/mol. The third-order valence-electron chi connectivity index (χ3n) is 3.75. The average Bonchev–Trinajstić information content (AvgIpc) is 2.51. The monoisotopic (exact) mass is 328 g/mol. The number of benzene rings is 2. The van der Waals surface area contributed by atoms with Crippen molar-refractivity contribution in [3.05, 3.63) is 65.2 Å². The lowest BCUT2D eigenvalue weighted by Gasteiger charge is -2.20. The molecule has 2 aromatic carbocycles. The highest BCUT2D eigenvalue weighted by molar-refractivity contribution is 8.14. The van der Waals surface area contributed by atoms with Gasteiger partial charge >= 0.3 is 0 Å². The molecular formula is C19H20O3S. The summed E-state index contributed by atoms with van der Waals surface area (Å²) >= 11 is 0.933. The van der Waals surface area contributed by atoms with Crippen LogP contribution in [0.25, 0.3) is 0 Å². The van der Waals surface area contributed by atoms with Crippen LogP contribution in [0.15, 0.2) is 53.4 Å². The number of ketones is 1. The number of Topliss-reactive ketones (excluding diaryl/α,β-unsaturated/α-hetero) is 1. The van der Waals surface area contributed by atoms with Crippen LogP contribution >= 0.6 is 11.8 Å². The molecule has 3 nitrogen and oxygen atoms in total. The summed E-state index contributed by atoms with van der Waals surface area (Å²) in [5, 5.41) is 9.89. The first-order chi connectivity index (χ1) is 10.8. The number of rotatable bonds is 5. The molecule has 0 aromatic heterocycles. The Bertz CT molecular complexity index is 700. The van der Waals surface area contributed by atoms with Gasteiger partial charge in [-0.1, -0.05) is 48.5 Å². The van der Waals surface area contributed by atoms with Crippen LogP contribution in [0.1, 0.15) is 23.6 Å². The van der Waals surface area contributed by atoms with Crippen molar-refractivity contribution in [1.29, 1.82) is 0 Å². The van der Waals surface area contributed by atoms with E-state index >= 15 is 0 Å². The highest BCUT2D eigenvalue weighted by Crippen LogP contribution is 2.31. The molecule has 0 aliphatic heterocycles. The van der Waals surface area contributed by atoms with Gasteiger partial charge in [-0.25, -0.2) is 0 Å². The molecule has 120 valence electrons. The zero-order chi connectivity index (χ0) is 17.0. The molecular weight excluding hydrogens is 308 g/mol. The number of hydrogen-bond donors (Lipinski definition) is 1. The second-order valence-corrected chi connectivity index (χ2v) is 6.75. The topological polar surface area (TPSA) is 54.4 Å². The Morgan fingerprint density at radius 3 is 2.13 bits per heavy atom. The fourth-order valence-electron chi connectivity index (χ4n) is 2.22. The number of aryl methyl sites for hydroxylation is 2. The largest absolute Gasteiger partial charge is 0.374 e. The van der Waals surface area contributed by atoms with Crippen molar-refractivity contribution in [2.24, 2.45) is 0 Å². The Labute approximate surface area is 140 Å². The third kappa shape index (κ3) is 4.09. The van der Waals surface area contributed by atoms with Gasteiger partial charge < -0.3 is 5.11 Å². The molecule has 0 bridgehead atoms. The van der Waals surface area contributed by atoms with Gasteiger partial charge in [0.05, 0.1) is 0 Å². The van der Waals surface area contributed by atoms with E-state index in [0.717, 1.165) is 33.3 Å². The molecule has 4 heteroatoms. The molecule has 0 unspecified atom stereocenters. The van der Waals surface area contributed by atoms with Crippen LogP contribution in [-0.2, 0) is 16.0 Å². The molecule has 23 heavy (non-hydrogen) atoms. The standard InChI is InChI=1S/C19H20O3S/c1-13-8-7-9-14(2)17(13)23-18(21)19(3,22)16(20)12-15-10-5-4-6-11-15/h4-11,22H,12H2,1-3H3/t19-/m0/s1. The van der Waals surface area contributed by atoms with E-state index in [1.54, 1.807) is 12.1 Å². The first-order valence-electron chi connectivity index (χ1n) is 7.40. The Morgan fingerprint density at radius 1 is 1.00 bits per heavy atom. The van der Waals surface area contributed by atoms with Crippen molar-refractivity contribution in [3.63, 3.8) is 0 Å². The van der Waals surface area contributed by atoms with Gasteiger partial charge in [-0.05, 0) is 49.2 Å². The van der Waals surface area contributed by atoms with Gasteiger partial charge in [-0.15, -0.1) is 0 Å². The van der Waals surface area contributed by atoms with Gasteiger partial charge in [0.2, 0.25) is 5.12 Å². The number of carbonyl (C=O) groups is 2. The second-order valence-electron chi connectivity index (χ2n) is 5.77. The third-order valence-corrected chi connectivity index (χ3v) is 5.18. The summed E-state index contributed by atoms with van der Waals surface area (Å²) < 4.78 is 0. The quantitative estimate of drug-likeness (QED) is 0.674. The summed E-state index contributed by atoms with van der Waals surface area (Å²) in [5.74, 6) is -0.493. The summed E-state index contributed by atoms with van der Waals surface area (Å²) in [5.41, 5.74) is 0.682. The molecule has 1 atom stereocenters. The fourth-order valence-corrected chi connectivity index (χ4v) is 3.18. The maximum atomic E-state index is 12.5. The van der Waals surface area contributed by atoms with E-state index < -0.39 is 16.5 Å². The van der Waals surface area contributed by atoms with Crippen LogP contribution in [0.5, 0.6) is 0 Å². The summed E-state index contributed by atoms with van der Waals surface area (Å²) in [4.78, 5) is 25.6. The zero-order valence-corrected chi connectivity index (χ0v) is 14.3. The Morgan fingerprint density at radius 2 is 1.57 bits per heavy atom. The lowest BCUT2D eigenvalue weighted by molar-refractivity contribution is -0.143. The van der Waals surface area contributed by atoms with Crippen LogP contribution in [-0.4, -0.2) is 21.6 Å². The van der Waals surface area contributed by atoms with E-state index in [9.17, 15) is 14.7 Å². The minimum Gasteiger partial charge on any atom is -0.374 e. The number of aliphatic hydroxyl groups is 1. The fraction of sp³-hybridized carbons (Fsp3) is 0.263. The van der Waals surface area contributed by atoms with Crippen molar-refractivity contribution in [1.82, 2.24) is 0 Å². The molecule has 0 aliphatic rings. The van der Waals surface area contributed by atoms with E-state index in [1.165, 1.54) is 6.92 Å². The number of carbonyl (C=O) groups excluding carboxylic acids is 2. The second kappa shape index (κ2) is 7.11. The van der Waals surface area contributed by atoms with Gasteiger partial charge in [-0.3, -0.25) is 9.59 Å². The maximum Gasteiger partial charge on any atom is 0.232 e. The minimum atomic E-state index is -2.00. The van der Waals surface area contributed by atoms with E-state index in [1.807, 2.05) is 50.2 Å². The maximum absolute atomic E-state index is 12.5. The molecule has 2 rings (SSSR count). The van der Waals surface area contributed by atoms with Gasteiger partial charge in [0.25, 0.3) is 0 Å². The van der Waals surface area contributed by atoms with Crippen molar-refractivity contribution in [2.45, 2.75) is 37.7 Å². The normalized spacial score (nSPS) is 13.4. The molecule has 0 saturated carbocycles. The van der Waals surface area contributed by atoms with E-state index in [4.69, 9.17) is 0 Å². The lowest BCUT2D eigenvalue weighted by atomic mass is 9.96. The first kappa shape index (κ1) is 17.4. The molecule has 0 saturated heterocycles. The average molecular weight is 328 g/mol. The summed E-state index contributed by atoms with van der Waals surface area (Å²) in [6.45, 7) is 5.09. The number of thioether (sulfide) groups is 1. The molecule has 0 spiro atoms. The van der Waals surface area contributed by atoms with Gasteiger partial charge in [0.15, 0.2) is 11.4 Å². The Kier molecular flexibility index (Phi) is 5.39. The van der Waals surface area contributed by atoms with Crippen LogP contribution in [0.4, 0.5) is 0 Å². The Hall–Kier alpha value is -1.91. The van der Waals surface area contributed by atoms with Crippen LogP contribution in [0.2, 0.25) is 0 Å². The van der Waals surface area contributed by atoms with Crippen LogP contribution in [0.3, 0.4) is 0 Å². The van der Waals surface area contributed by atoms with Crippen LogP contribution < -0.4 is 0 Å². The highest BCUT2D eigenvalue weighted by atomic mass is 32.2. The van der Waals surface area contributed by atoms with Crippen molar-refractivity contribution >= 4 is 22.7 Å². The van der Waals surface area contributed by atoms with E-state index in [-0.39, 0.29) is 6.42 Å². The minimum absolute atomic E-state index is 0.0346. The van der Waals surface area contributed by atoms with Gasteiger partial charge in [0.1, 0.15) is 0 Å². The smallest absolute Gasteiger partial charge is 0.232 e. The molecule has 0 fully saturated rings. The first-order valence-corrected chi connectivity index (χ1v) is 8.22. The van der Waals surface area contributed by atoms with Gasteiger partial charge in [0, 0.05) is 11.3 Å². The zero-order valence-electron chi connectivity index (χ0n) is 13.5. The molecule has 0 heterocycles. The van der Waals surface area contributed by atoms with E-state index in [2.05, 4.69) is 0 Å². The summed E-state index contributed by atoms with van der Waals surface area (Å²) in [6, 6.07) is 14.8. The lowest BCUT2D eigenvalue weighted by Crippen LogP contribution is -2.43.